The molecule has 4 aromatic rings. The van der Waals surface area contributed by atoms with Crippen molar-refractivity contribution in [2.24, 2.45) is 0 Å². The van der Waals surface area contributed by atoms with Crippen molar-refractivity contribution in [3.63, 3.8) is 0 Å². The van der Waals surface area contributed by atoms with Crippen molar-refractivity contribution in [2.45, 2.75) is 39.4 Å². The van der Waals surface area contributed by atoms with Gasteiger partial charge in [0.05, 0.1) is 14.3 Å². The Morgan fingerprint density at radius 2 is 1.69 bits per heavy atom. The summed E-state index contributed by atoms with van der Waals surface area (Å²) in [5, 5.41) is 4.99. The number of furan rings is 1. The van der Waals surface area contributed by atoms with E-state index in [-0.39, 0.29) is 0 Å². The summed E-state index contributed by atoms with van der Waals surface area (Å²) in [5.41, 5.74) is 7.42. The summed E-state index contributed by atoms with van der Waals surface area (Å²) in [4.78, 5) is 0. The van der Waals surface area contributed by atoms with Crippen molar-refractivity contribution < 1.29 is 4.42 Å². The highest BCUT2D eigenvalue weighted by Crippen LogP contribution is 2.42. The van der Waals surface area contributed by atoms with Gasteiger partial charge in [-0.2, -0.15) is 0 Å². The first-order valence-electron chi connectivity index (χ1n) is 11.1. The van der Waals surface area contributed by atoms with Crippen LogP contribution in [0, 0.1) is 0 Å². The molecule has 0 spiro atoms. The normalized spacial score (nSPS) is 13.5. The number of allylic oxidation sites excluding steroid dienone is 1. The molecule has 0 atom stereocenters. The fourth-order valence-electron chi connectivity index (χ4n) is 4.91. The van der Waals surface area contributed by atoms with Gasteiger partial charge in [-0.1, -0.05) is 86.2 Å². The van der Waals surface area contributed by atoms with Gasteiger partial charge in [-0.3, -0.25) is 0 Å². The van der Waals surface area contributed by atoms with E-state index in [1.165, 1.54) is 27.8 Å². The number of rotatable bonds is 4. The van der Waals surface area contributed by atoms with Crippen LogP contribution in [0.2, 0.25) is 29.7 Å². The molecule has 1 aliphatic rings. The monoisotopic (exact) mass is 476 g/mol. The third-order valence-corrected chi connectivity index (χ3v) is 9.34. The molecular weight excluding hydrogens is 451 g/mol. The number of benzene rings is 3. The molecule has 3 aromatic carbocycles. The van der Waals surface area contributed by atoms with Crippen molar-refractivity contribution in [1.29, 1.82) is 0 Å². The van der Waals surface area contributed by atoms with Crippen molar-refractivity contribution in [3.05, 3.63) is 87.3 Å². The van der Waals surface area contributed by atoms with Gasteiger partial charge in [-0.25, -0.2) is 0 Å². The Balaban J connectivity index is 1.69. The fourth-order valence-corrected chi connectivity index (χ4v) is 8.68. The van der Waals surface area contributed by atoms with Crippen LogP contribution in [0.1, 0.15) is 29.4 Å². The number of fused-ring (bicyclic) bond motifs is 2. The van der Waals surface area contributed by atoms with E-state index in [1.807, 2.05) is 12.3 Å². The molecule has 0 bridgehead atoms. The van der Waals surface area contributed by atoms with Gasteiger partial charge in [0, 0.05) is 32.8 Å². The lowest BCUT2D eigenvalue weighted by molar-refractivity contribution is 0.557. The predicted molar refractivity (Wildman–Crippen MR) is 142 cm³/mol. The average Bonchev–Trinajstić information content (AvgIpc) is 3.35. The quantitative estimate of drug-likeness (QED) is 0.268. The average molecular weight is 478 g/mol. The largest absolute Gasteiger partial charge is 0.463 e. The van der Waals surface area contributed by atoms with Crippen molar-refractivity contribution in [1.82, 2.24) is 0 Å². The van der Waals surface area contributed by atoms with Gasteiger partial charge in [0.2, 0.25) is 0 Å². The van der Waals surface area contributed by atoms with Crippen LogP contribution in [0.5, 0.6) is 0 Å². The second-order valence-electron chi connectivity index (χ2n) is 9.59. The molecule has 5 rings (SSSR count). The van der Waals surface area contributed by atoms with Crippen LogP contribution in [0.4, 0.5) is 0 Å². The molecule has 0 N–H and O–H groups in total. The summed E-state index contributed by atoms with van der Waals surface area (Å²) in [7, 11) is -1.65. The van der Waals surface area contributed by atoms with E-state index in [9.17, 15) is 0 Å². The minimum absolute atomic E-state index is 0.783. The third-order valence-electron chi connectivity index (χ3n) is 6.38. The van der Waals surface area contributed by atoms with E-state index >= 15 is 0 Å². The van der Waals surface area contributed by atoms with Gasteiger partial charge in [0.1, 0.15) is 5.76 Å². The van der Waals surface area contributed by atoms with Gasteiger partial charge >= 0.3 is 0 Å². The smallest absolute Gasteiger partial charge is 0.138 e. The van der Waals surface area contributed by atoms with E-state index < -0.39 is 8.07 Å². The summed E-state index contributed by atoms with van der Waals surface area (Å²) in [6.07, 6.45) is 5.95. The Labute approximate surface area is 200 Å². The van der Waals surface area contributed by atoms with Crippen LogP contribution in [0.15, 0.2) is 59.2 Å². The lowest BCUT2D eigenvalue weighted by atomic mass is 9.91. The number of hydrogen-bond donors (Lipinski definition) is 0. The van der Waals surface area contributed by atoms with Crippen LogP contribution < -0.4 is 5.19 Å². The highest BCUT2D eigenvalue weighted by molar-refractivity contribution is 6.91. The van der Waals surface area contributed by atoms with E-state index in [4.69, 9.17) is 27.6 Å². The summed E-state index contributed by atoms with van der Waals surface area (Å²) in [5.74, 6) is 0.964. The molecule has 0 unspecified atom stereocenters. The van der Waals surface area contributed by atoms with Crippen molar-refractivity contribution in [3.8, 4) is 11.1 Å². The van der Waals surface area contributed by atoms with Gasteiger partial charge in [0.15, 0.2) is 0 Å². The zero-order valence-corrected chi connectivity index (χ0v) is 21.4. The first-order valence-corrected chi connectivity index (χ1v) is 15.4. The molecule has 1 nitrogen and oxygen atoms in total. The minimum Gasteiger partial charge on any atom is -0.463 e. The number of halogens is 2. The molecule has 0 saturated heterocycles. The van der Waals surface area contributed by atoms with Gasteiger partial charge in [0.25, 0.3) is 0 Å². The van der Waals surface area contributed by atoms with Crippen LogP contribution in [-0.4, -0.2) is 8.07 Å². The highest BCUT2D eigenvalue weighted by Gasteiger charge is 2.26. The van der Waals surface area contributed by atoms with Gasteiger partial charge < -0.3 is 4.42 Å². The molecule has 1 heterocycles. The summed E-state index contributed by atoms with van der Waals surface area (Å²) in [6.45, 7) is 9.03. The van der Waals surface area contributed by atoms with E-state index in [1.54, 1.807) is 0 Å². The molecule has 0 saturated carbocycles. The maximum atomic E-state index is 6.81. The van der Waals surface area contributed by atoms with E-state index in [0.717, 1.165) is 50.2 Å². The SMILES string of the molecule is CCc1ccc2c(c1-c1cc(Cl)c([Si](C)(C)C)c(Cl)c1)C=C(c1occ3ccccc13)C2. The molecule has 1 aromatic heterocycles. The maximum Gasteiger partial charge on any atom is 0.138 e. The predicted octanol–water partition coefficient (Wildman–Crippen LogP) is 8.61. The Bertz CT molecular complexity index is 1370. The van der Waals surface area contributed by atoms with Crippen molar-refractivity contribution in [2.75, 3.05) is 0 Å². The Morgan fingerprint density at radius 3 is 2.38 bits per heavy atom. The Hall–Kier alpha value is -2.26. The van der Waals surface area contributed by atoms with E-state index in [0.29, 0.717) is 0 Å². The van der Waals surface area contributed by atoms with Gasteiger partial charge in [-0.15, -0.1) is 0 Å². The molecule has 4 heteroatoms. The Morgan fingerprint density at radius 1 is 0.969 bits per heavy atom. The Kier molecular flexibility index (Phi) is 5.36. The first kappa shape index (κ1) is 21.6. The number of aryl methyl sites for hydroxylation is 1. The maximum absolute atomic E-state index is 6.81. The molecule has 0 aliphatic heterocycles. The topological polar surface area (TPSA) is 13.1 Å². The number of hydrogen-bond acceptors (Lipinski definition) is 1. The molecule has 1 aliphatic carbocycles. The van der Waals surface area contributed by atoms with Crippen LogP contribution in [0.3, 0.4) is 0 Å². The zero-order chi connectivity index (χ0) is 22.6. The summed E-state index contributed by atoms with van der Waals surface area (Å²) in [6, 6.07) is 17.1. The van der Waals surface area contributed by atoms with E-state index in [2.05, 4.69) is 75.1 Å². The fraction of sp³-hybridized carbons (Fsp3) is 0.214. The first-order chi connectivity index (χ1) is 15.3. The third kappa shape index (κ3) is 3.55. The lowest BCUT2D eigenvalue weighted by Crippen LogP contribution is -2.39. The second kappa shape index (κ2) is 7.95. The lowest BCUT2D eigenvalue weighted by Gasteiger charge is -2.22. The van der Waals surface area contributed by atoms with Gasteiger partial charge in [-0.05, 0) is 57.6 Å². The molecule has 0 radical (unpaired) electrons. The molecule has 0 fully saturated rings. The molecule has 0 amide bonds. The standard InChI is InChI=1S/C28H26Cl2OSi/c1-5-17-10-11-18-12-21(27-22-9-7-6-8-19(22)16-31-27)13-23(18)26(17)20-14-24(29)28(25(30)15-20)32(2,3)4/h6-11,13-16H,5,12H2,1-4H3. The van der Waals surface area contributed by atoms with Crippen LogP contribution in [-0.2, 0) is 12.8 Å². The molecule has 162 valence electrons. The minimum atomic E-state index is -1.65. The highest BCUT2D eigenvalue weighted by atomic mass is 35.5. The second-order valence-corrected chi connectivity index (χ2v) is 15.4. The summed E-state index contributed by atoms with van der Waals surface area (Å²) >= 11 is 13.6. The summed E-state index contributed by atoms with van der Waals surface area (Å²) < 4.78 is 6.02. The zero-order valence-electron chi connectivity index (χ0n) is 18.9. The molecule has 32 heavy (non-hydrogen) atoms. The van der Waals surface area contributed by atoms with Crippen molar-refractivity contribution >= 4 is 58.9 Å². The molecular formula is C28H26Cl2OSi. The van der Waals surface area contributed by atoms with Crippen LogP contribution >= 0.6 is 23.2 Å². The van der Waals surface area contributed by atoms with Crippen LogP contribution in [0.25, 0.3) is 33.5 Å².